The number of amides is 1. The van der Waals surface area contributed by atoms with Crippen molar-refractivity contribution in [1.82, 2.24) is 14.8 Å². The number of nitrogens with one attached hydrogen (secondary N) is 1. The smallest absolute Gasteiger partial charge is 0.357 e. The van der Waals surface area contributed by atoms with E-state index in [0.717, 1.165) is 50.0 Å². The van der Waals surface area contributed by atoms with Crippen molar-refractivity contribution in [3.63, 3.8) is 0 Å². The molecule has 1 saturated heterocycles. The first kappa shape index (κ1) is 20.1. The van der Waals surface area contributed by atoms with Gasteiger partial charge in [-0.25, -0.2) is 0 Å². The zero-order valence-corrected chi connectivity index (χ0v) is 17.2. The van der Waals surface area contributed by atoms with Gasteiger partial charge >= 0.3 is 6.18 Å². The van der Waals surface area contributed by atoms with Crippen LogP contribution in [0.15, 0.2) is 48.5 Å². The van der Waals surface area contributed by atoms with E-state index in [1.807, 2.05) is 12.1 Å². The monoisotopic (exact) mass is 427 g/mol. The van der Waals surface area contributed by atoms with Crippen LogP contribution < -0.4 is 0 Å². The fourth-order valence-corrected chi connectivity index (χ4v) is 5.14. The lowest BCUT2D eigenvalue weighted by atomic mass is 9.87. The molecule has 2 atom stereocenters. The number of carbonyl (C=O) groups is 1. The van der Waals surface area contributed by atoms with E-state index in [0.29, 0.717) is 0 Å². The predicted molar refractivity (Wildman–Crippen MR) is 113 cm³/mol. The van der Waals surface area contributed by atoms with E-state index in [1.165, 1.54) is 28.8 Å². The molecule has 4 nitrogen and oxygen atoms in total. The molecule has 1 amide bonds. The lowest BCUT2D eigenvalue weighted by molar-refractivity contribution is -0.137. The van der Waals surface area contributed by atoms with Crippen LogP contribution in [0.3, 0.4) is 0 Å². The van der Waals surface area contributed by atoms with Crippen LogP contribution in [0.1, 0.15) is 46.1 Å². The largest absolute Gasteiger partial charge is 0.416 e. The number of nitrogens with zero attached hydrogens (tertiary/aromatic N) is 2. The van der Waals surface area contributed by atoms with Crippen molar-refractivity contribution in [2.24, 2.45) is 0 Å². The molecule has 2 aliphatic heterocycles. The molecular weight excluding hydrogens is 403 g/mol. The average molecular weight is 427 g/mol. The van der Waals surface area contributed by atoms with Crippen molar-refractivity contribution in [1.29, 1.82) is 0 Å². The molecule has 0 radical (unpaired) electrons. The number of aromatic nitrogens is 1. The number of hydrogen-bond donors (Lipinski definition) is 1. The van der Waals surface area contributed by atoms with Crippen molar-refractivity contribution >= 4 is 16.8 Å². The summed E-state index contributed by atoms with van der Waals surface area (Å²) in [5.41, 5.74) is 2.98. The van der Waals surface area contributed by atoms with Crippen LogP contribution in [0.2, 0.25) is 0 Å². The number of aromatic amines is 1. The lowest BCUT2D eigenvalue weighted by Crippen LogP contribution is -2.49. The third kappa shape index (κ3) is 3.51. The molecule has 1 unspecified atom stereocenters. The van der Waals surface area contributed by atoms with Crippen LogP contribution in [0.5, 0.6) is 0 Å². The summed E-state index contributed by atoms with van der Waals surface area (Å²) in [6, 6.07) is 13.2. The molecule has 0 spiro atoms. The second-order valence-electron chi connectivity index (χ2n) is 8.54. The fraction of sp³-hybridized carbons (Fsp3) is 0.375. The highest BCUT2D eigenvalue weighted by molar-refractivity contribution is 5.94. The van der Waals surface area contributed by atoms with Crippen molar-refractivity contribution in [3.05, 3.63) is 70.9 Å². The van der Waals surface area contributed by atoms with Crippen molar-refractivity contribution in [2.75, 3.05) is 20.1 Å². The molecule has 2 aromatic carbocycles. The Morgan fingerprint density at radius 3 is 2.74 bits per heavy atom. The summed E-state index contributed by atoms with van der Waals surface area (Å²) in [6.45, 7) is 1.85. The summed E-state index contributed by atoms with van der Waals surface area (Å²) in [4.78, 5) is 20.7. The Morgan fingerprint density at radius 2 is 1.94 bits per heavy atom. The molecule has 1 aromatic heterocycles. The number of rotatable bonds is 2. The molecule has 5 rings (SSSR count). The van der Waals surface area contributed by atoms with Gasteiger partial charge in [0.15, 0.2) is 0 Å². The maximum atomic E-state index is 13.1. The summed E-state index contributed by atoms with van der Waals surface area (Å²) >= 11 is 0. The highest BCUT2D eigenvalue weighted by atomic mass is 19.4. The molecule has 31 heavy (non-hydrogen) atoms. The van der Waals surface area contributed by atoms with E-state index in [2.05, 4.69) is 22.0 Å². The molecule has 3 heterocycles. The molecule has 7 heteroatoms. The zero-order chi connectivity index (χ0) is 21.8. The Bertz CT molecular complexity index is 1140. The van der Waals surface area contributed by atoms with E-state index in [-0.39, 0.29) is 23.6 Å². The maximum Gasteiger partial charge on any atom is 0.416 e. The molecule has 162 valence electrons. The second kappa shape index (κ2) is 7.41. The molecular formula is C24H24F3N3O. The van der Waals surface area contributed by atoms with Gasteiger partial charge in [0.05, 0.1) is 11.6 Å². The van der Waals surface area contributed by atoms with Gasteiger partial charge in [0.2, 0.25) is 0 Å². The minimum atomic E-state index is -4.46. The van der Waals surface area contributed by atoms with Gasteiger partial charge in [0, 0.05) is 48.3 Å². The Balaban J connectivity index is 1.39. The number of H-pyrrole nitrogens is 1. The standard InChI is InChI=1S/C24H24F3N3O/c1-29(23(31)15-5-4-6-16(13-15)24(25,26)27)17-9-11-30-12-10-19-18-7-2-3-8-20(18)28-22(19)21(30)14-17/h2-8,13,17,21,28H,9-12,14H2,1H3/t17?,21-/m0/s1. The molecule has 1 fully saturated rings. The number of alkyl halides is 3. The predicted octanol–water partition coefficient (Wildman–Crippen LogP) is 5.02. The minimum absolute atomic E-state index is 0.0272. The maximum absolute atomic E-state index is 13.1. The van der Waals surface area contributed by atoms with E-state index in [9.17, 15) is 18.0 Å². The first-order valence-corrected chi connectivity index (χ1v) is 10.6. The topological polar surface area (TPSA) is 39.3 Å². The second-order valence-corrected chi connectivity index (χ2v) is 8.54. The third-order valence-corrected chi connectivity index (χ3v) is 6.82. The summed E-state index contributed by atoms with van der Waals surface area (Å²) in [7, 11) is 1.71. The van der Waals surface area contributed by atoms with Gasteiger partial charge in [-0.2, -0.15) is 13.2 Å². The van der Waals surface area contributed by atoms with Crippen LogP contribution >= 0.6 is 0 Å². The van der Waals surface area contributed by atoms with Crippen LogP contribution in [-0.2, 0) is 12.6 Å². The number of fused-ring (bicyclic) bond motifs is 5. The molecule has 0 saturated carbocycles. The first-order valence-electron chi connectivity index (χ1n) is 10.6. The van der Waals surface area contributed by atoms with E-state index < -0.39 is 11.7 Å². The summed E-state index contributed by atoms with van der Waals surface area (Å²) in [5.74, 6) is -0.364. The number of benzene rings is 2. The third-order valence-electron chi connectivity index (χ3n) is 6.82. The van der Waals surface area contributed by atoms with E-state index in [1.54, 1.807) is 11.9 Å². The van der Waals surface area contributed by atoms with Gasteiger partial charge in [0.25, 0.3) is 5.91 Å². The zero-order valence-electron chi connectivity index (χ0n) is 17.2. The Morgan fingerprint density at radius 1 is 1.13 bits per heavy atom. The number of carbonyl (C=O) groups excluding carboxylic acids is 1. The molecule has 2 aliphatic rings. The van der Waals surface area contributed by atoms with Crippen LogP contribution in [-0.4, -0.2) is 46.9 Å². The Hall–Kier alpha value is -2.80. The molecule has 1 N–H and O–H groups in total. The lowest BCUT2D eigenvalue weighted by Gasteiger charge is -2.44. The van der Waals surface area contributed by atoms with E-state index >= 15 is 0 Å². The first-order chi connectivity index (χ1) is 14.8. The van der Waals surface area contributed by atoms with Gasteiger partial charge in [-0.05, 0) is 49.1 Å². The summed E-state index contributed by atoms with van der Waals surface area (Å²) in [6.07, 6.45) is -1.89. The van der Waals surface area contributed by atoms with Gasteiger partial charge in [-0.1, -0.05) is 24.3 Å². The van der Waals surface area contributed by atoms with Crippen molar-refractivity contribution < 1.29 is 18.0 Å². The van der Waals surface area contributed by atoms with Crippen LogP contribution in [0.25, 0.3) is 10.9 Å². The number of piperidine rings is 1. The Labute approximate surface area is 178 Å². The highest BCUT2D eigenvalue weighted by Gasteiger charge is 2.38. The number of hydrogen-bond acceptors (Lipinski definition) is 2. The highest BCUT2D eigenvalue weighted by Crippen LogP contribution is 2.40. The normalized spacial score (nSPS) is 21.5. The van der Waals surface area contributed by atoms with Gasteiger partial charge in [-0.15, -0.1) is 0 Å². The molecule has 0 aliphatic carbocycles. The van der Waals surface area contributed by atoms with Crippen molar-refractivity contribution in [3.8, 4) is 0 Å². The van der Waals surface area contributed by atoms with Crippen LogP contribution in [0, 0.1) is 0 Å². The van der Waals surface area contributed by atoms with Crippen molar-refractivity contribution in [2.45, 2.75) is 37.5 Å². The van der Waals surface area contributed by atoms with Gasteiger partial charge in [0.1, 0.15) is 0 Å². The van der Waals surface area contributed by atoms with E-state index in [4.69, 9.17) is 0 Å². The quantitative estimate of drug-likeness (QED) is 0.624. The number of para-hydroxylation sites is 1. The van der Waals surface area contributed by atoms with Gasteiger partial charge in [-0.3, -0.25) is 9.69 Å². The van der Waals surface area contributed by atoms with Gasteiger partial charge < -0.3 is 9.88 Å². The Kier molecular flexibility index (Phi) is 4.81. The number of halogens is 3. The molecule has 3 aromatic rings. The molecule has 0 bridgehead atoms. The average Bonchev–Trinajstić information content (AvgIpc) is 3.16. The minimum Gasteiger partial charge on any atom is -0.357 e. The summed E-state index contributed by atoms with van der Waals surface area (Å²) < 4.78 is 39.2. The fourth-order valence-electron chi connectivity index (χ4n) is 5.14. The van der Waals surface area contributed by atoms with Crippen LogP contribution in [0.4, 0.5) is 13.2 Å². The summed E-state index contributed by atoms with van der Waals surface area (Å²) in [5, 5.41) is 1.26. The SMILES string of the molecule is CN(C(=O)c1cccc(C(F)(F)F)c1)C1CCN2CCc3c([nH]c4ccccc34)[C@@H]2C1.